The fourth-order valence-electron chi connectivity index (χ4n) is 3.41. The van der Waals surface area contributed by atoms with Gasteiger partial charge in [-0.3, -0.25) is 14.3 Å². The molecule has 3 N–H and O–H groups in total. The van der Waals surface area contributed by atoms with Gasteiger partial charge in [-0.1, -0.05) is 6.07 Å². The second-order valence-electron chi connectivity index (χ2n) is 7.52. The molecule has 33 heavy (non-hydrogen) atoms. The first-order valence-corrected chi connectivity index (χ1v) is 11.6. The number of anilines is 3. The van der Waals surface area contributed by atoms with Gasteiger partial charge in [0.15, 0.2) is 0 Å². The molecule has 2 aromatic carbocycles. The number of halogens is 3. The molecule has 0 radical (unpaired) electrons. The van der Waals surface area contributed by atoms with Crippen molar-refractivity contribution < 1.29 is 31.2 Å². The molecule has 3 rings (SSSR count). The monoisotopic (exact) mass is 484 g/mol. The number of nitrogens with zero attached hydrogens (tertiary/aromatic N) is 1. The first-order chi connectivity index (χ1) is 15.5. The van der Waals surface area contributed by atoms with Crippen molar-refractivity contribution in [2.75, 3.05) is 34.6 Å². The lowest BCUT2D eigenvalue weighted by molar-refractivity contribution is -0.137. The molecular formula is C21H23F3N4O4S. The van der Waals surface area contributed by atoms with Gasteiger partial charge in [0.25, 0.3) is 10.0 Å². The summed E-state index contributed by atoms with van der Waals surface area (Å²) in [7, 11) is -4.31. The van der Waals surface area contributed by atoms with E-state index < -0.39 is 33.6 Å². The van der Waals surface area contributed by atoms with Gasteiger partial charge in [0.2, 0.25) is 11.8 Å². The van der Waals surface area contributed by atoms with Crippen LogP contribution >= 0.6 is 0 Å². The maximum absolute atomic E-state index is 13.2. The van der Waals surface area contributed by atoms with Gasteiger partial charge in [0, 0.05) is 31.4 Å². The number of amides is 2. The zero-order valence-corrected chi connectivity index (χ0v) is 18.5. The highest BCUT2D eigenvalue weighted by Crippen LogP contribution is 2.34. The van der Waals surface area contributed by atoms with Gasteiger partial charge in [0.1, 0.15) is 4.90 Å². The minimum atomic E-state index is -4.62. The van der Waals surface area contributed by atoms with Crippen LogP contribution in [0.15, 0.2) is 47.4 Å². The molecule has 0 atom stereocenters. The largest absolute Gasteiger partial charge is 0.416 e. The lowest BCUT2D eigenvalue weighted by Gasteiger charge is -2.22. The molecule has 0 aliphatic carbocycles. The number of nitrogens with one attached hydrogen (secondary N) is 3. The van der Waals surface area contributed by atoms with Gasteiger partial charge in [-0.2, -0.15) is 13.2 Å². The quantitative estimate of drug-likeness (QED) is 0.560. The van der Waals surface area contributed by atoms with Crippen molar-refractivity contribution in [3.8, 4) is 0 Å². The van der Waals surface area contributed by atoms with Crippen LogP contribution in [0.2, 0.25) is 0 Å². The fraction of sp³-hybridized carbons (Fsp3) is 0.333. The second-order valence-corrected chi connectivity index (χ2v) is 9.17. The maximum Gasteiger partial charge on any atom is 0.416 e. The molecule has 0 unspecified atom stereocenters. The van der Waals surface area contributed by atoms with Crippen molar-refractivity contribution in [1.29, 1.82) is 0 Å². The van der Waals surface area contributed by atoms with E-state index in [2.05, 4.69) is 15.4 Å². The third-order valence-corrected chi connectivity index (χ3v) is 6.33. The van der Waals surface area contributed by atoms with E-state index in [-0.39, 0.29) is 22.8 Å². The summed E-state index contributed by atoms with van der Waals surface area (Å²) < 4.78 is 67.7. The van der Waals surface area contributed by atoms with Crippen LogP contribution < -0.4 is 20.3 Å². The van der Waals surface area contributed by atoms with Crippen LogP contribution in [0.4, 0.5) is 30.2 Å². The Hall–Kier alpha value is -3.28. The van der Waals surface area contributed by atoms with Crippen LogP contribution in [0.5, 0.6) is 0 Å². The zero-order chi connectivity index (χ0) is 24.2. The molecule has 0 aromatic heterocycles. The van der Waals surface area contributed by atoms with Gasteiger partial charge >= 0.3 is 6.18 Å². The van der Waals surface area contributed by atoms with Crippen molar-refractivity contribution in [2.45, 2.75) is 30.8 Å². The molecule has 2 aromatic rings. The molecule has 1 aliphatic heterocycles. The fourth-order valence-corrected chi connectivity index (χ4v) is 4.71. The van der Waals surface area contributed by atoms with Crippen molar-refractivity contribution in [3.05, 3.63) is 48.0 Å². The molecule has 0 saturated carbocycles. The van der Waals surface area contributed by atoms with Gasteiger partial charge in [-0.25, -0.2) is 8.42 Å². The molecular weight excluding hydrogens is 461 g/mol. The molecule has 12 heteroatoms. The molecule has 178 valence electrons. The van der Waals surface area contributed by atoms with E-state index in [0.717, 1.165) is 25.0 Å². The zero-order valence-electron chi connectivity index (χ0n) is 17.7. The predicted molar refractivity (Wildman–Crippen MR) is 117 cm³/mol. The van der Waals surface area contributed by atoms with Crippen LogP contribution in [0.1, 0.15) is 25.3 Å². The summed E-state index contributed by atoms with van der Waals surface area (Å²) in [6.45, 7) is 2.21. The van der Waals surface area contributed by atoms with Gasteiger partial charge in [-0.05, 0) is 49.2 Å². The number of alkyl halides is 3. The van der Waals surface area contributed by atoms with E-state index >= 15 is 0 Å². The van der Waals surface area contributed by atoms with Crippen molar-refractivity contribution >= 4 is 38.9 Å². The molecule has 8 nitrogen and oxygen atoms in total. The number of rotatable bonds is 7. The number of carbonyl (C=O) groups is 2. The summed E-state index contributed by atoms with van der Waals surface area (Å²) in [6.07, 6.45) is -2.88. The predicted octanol–water partition coefficient (Wildman–Crippen LogP) is 3.18. The topological polar surface area (TPSA) is 108 Å². The summed E-state index contributed by atoms with van der Waals surface area (Å²) in [4.78, 5) is 24.7. The average molecular weight is 485 g/mol. The SMILES string of the molecule is CC(=O)NCC(=O)Nc1ccc(N2CCCC2)c(S(=O)(=O)Nc2cccc(C(F)(F)F)c2)c1. The smallest absolute Gasteiger partial charge is 0.370 e. The molecule has 1 aliphatic rings. The normalized spacial score (nSPS) is 14.1. The lowest BCUT2D eigenvalue weighted by Crippen LogP contribution is -2.31. The third-order valence-electron chi connectivity index (χ3n) is 4.92. The van der Waals surface area contributed by atoms with E-state index in [4.69, 9.17) is 0 Å². The van der Waals surface area contributed by atoms with E-state index in [1.165, 1.54) is 25.1 Å². The summed E-state index contributed by atoms with van der Waals surface area (Å²) in [5.74, 6) is -0.962. The molecule has 1 saturated heterocycles. The first kappa shape index (κ1) is 24.4. The number of sulfonamides is 1. The Balaban J connectivity index is 1.93. The molecule has 1 heterocycles. The Morgan fingerprint density at radius 3 is 2.36 bits per heavy atom. The van der Waals surface area contributed by atoms with Gasteiger partial charge < -0.3 is 15.5 Å². The highest BCUT2D eigenvalue weighted by atomic mass is 32.2. The van der Waals surface area contributed by atoms with Gasteiger partial charge in [0.05, 0.1) is 17.8 Å². The highest BCUT2D eigenvalue weighted by Gasteiger charge is 2.31. The Labute approximate surface area is 189 Å². The second kappa shape index (κ2) is 9.69. The first-order valence-electron chi connectivity index (χ1n) is 10.1. The Morgan fingerprint density at radius 1 is 1.03 bits per heavy atom. The number of carbonyl (C=O) groups excluding carboxylic acids is 2. The average Bonchev–Trinajstić information content (AvgIpc) is 3.26. The van der Waals surface area contributed by atoms with Crippen LogP contribution in [0, 0.1) is 0 Å². The van der Waals surface area contributed by atoms with Crippen LogP contribution in [-0.2, 0) is 25.8 Å². The third kappa shape index (κ3) is 6.37. The Bertz CT molecular complexity index is 1150. The van der Waals surface area contributed by atoms with E-state index in [9.17, 15) is 31.2 Å². The molecule has 0 spiro atoms. The van der Waals surface area contributed by atoms with E-state index in [1.807, 2.05) is 4.90 Å². The Morgan fingerprint density at radius 2 is 1.73 bits per heavy atom. The minimum absolute atomic E-state index is 0.165. The lowest BCUT2D eigenvalue weighted by atomic mass is 10.2. The maximum atomic E-state index is 13.2. The minimum Gasteiger partial charge on any atom is -0.370 e. The van der Waals surface area contributed by atoms with Crippen LogP contribution in [-0.4, -0.2) is 39.9 Å². The summed E-state index contributed by atoms with van der Waals surface area (Å²) in [5.41, 5.74) is -0.678. The van der Waals surface area contributed by atoms with Crippen LogP contribution in [0.25, 0.3) is 0 Å². The number of hydrogen-bond donors (Lipinski definition) is 3. The summed E-state index contributed by atoms with van der Waals surface area (Å²) in [5, 5.41) is 4.84. The van der Waals surface area contributed by atoms with Gasteiger partial charge in [-0.15, -0.1) is 0 Å². The van der Waals surface area contributed by atoms with E-state index in [1.54, 1.807) is 6.07 Å². The van der Waals surface area contributed by atoms with Crippen LogP contribution in [0.3, 0.4) is 0 Å². The Kier molecular flexibility index (Phi) is 7.15. The number of benzene rings is 2. The standard InChI is InChI=1S/C21H23F3N4O4S/c1-14(29)25-13-20(30)26-16-7-8-18(28-9-2-3-10-28)19(12-16)33(31,32)27-17-6-4-5-15(11-17)21(22,23)24/h4-8,11-12,27H,2-3,9-10,13H2,1H3,(H,25,29)(H,26,30). The molecule has 2 amide bonds. The molecule has 1 fully saturated rings. The number of hydrogen-bond acceptors (Lipinski definition) is 5. The highest BCUT2D eigenvalue weighted by molar-refractivity contribution is 7.92. The van der Waals surface area contributed by atoms with Crippen molar-refractivity contribution in [3.63, 3.8) is 0 Å². The summed E-state index contributed by atoms with van der Waals surface area (Å²) >= 11 is 0. The van der Waals surface area contributed by atoms with Crippen molar-refractivity contribution in [2.24, 2.45) is 0 Å². The van der Waals surface area contributed by atoms with E-state index in [0.29, 0.717) is 24.8 Å². The molecule has 0 bridgehead atoms. The van der Waals surface area contributed by atoms with Crippen molar-refractivity contribution in [1.82, 2.24) is 5.32 Å². The summed E-state index contributed by atoms with van der Waals surface area (Å²) in [6, 6.07) is 8.21.